The van der Waals surface area contributed by atoms with Crippen LogP contribution in [0.25, 0.3) is 0 Å². The molecule has 0 saturated heterocycles. The van der Waals surface area contributed by atoms with Crippen LogP contribution in [0, 0.1) is 39.9 Å². The van der Waals surface area contributed by atoms with E-state index in [1.807, 2.05) is 6.21 Å². The number of nitrogens with zero attached hydrogens (tertiary/aromatic N) is 1. The molecular weight excluding hydrogens is 390 g/mol. The number of nitrogens with one attached hydrogen (secondary N) is 2. The molecule has 7 heteroatoms. The maximum absolute atomic E-state index is 12.2. The Labute approximate surface area is 187 Å². The van der Waals surface area contributed by atoms with Gasteiger partial charge in [-0.15, -0.1) is 0 Å². The summed E-state index contributed by atoms with van der Waals surface area (Å²) in [4.78, 5) is 0. The third-order valence-corrected chi connectivity index (χ3v) is 10.0. The molecular formula is C24H43N5O2. The van der Waals surface area contributed by atoms with E-state index in [2.05, 4.69) is 24.4 Å². The van der Waals surface area contributed by atoms with E-state index in [-0.39, 0.29) is 17.3 Å². The summed E-state index contributed by atoms with van der Waals surface area (Å²) in [5.41, 5.74) is 13.1. The Morgan fingerprint density at radius 3 is 2.71 bits per heavy atom. The van der Waals surface area contributed by atoms with Crippen LogP contribution in [0.3, 0.4) is 0 Å². The van der Waals surface area contributed by atoms with Gasteiger partial charge in [-0.05, 0) is 93.9 Å². The quantitative estimate of drug-likeness (QED) is 0.190. The zero-order chi connectivity index (χ0) is 22.3. The monoisotopic (exact) mass is 433 g/mol. The molecule has 176 valence electrons. The average molecular weight is 434 g/mol. The van der Waals surface area contributed by atoms with Gasteiger partial charge in [0.05, 0.1) is 11.7 Å². The molecule has 0 aromatic carbocycles. The molecule has 31 heavy (non-hydrogen) atoms. The molecule has 3 unspecified atom stereocenters. The Morgan fingerprint density at radius 2 is 1.97 bits per heavy atom. The van der Waals surface area contributed by atoms with E-state index in [1.54, 1.807) is 0 Å². The highest BCUT2D eigenvalue weighted by molar-refractivity contribution is 5.75. The molecule has 0 radical (unpaired) electrons. The van der Waals surface area contributed by atoms with Crippen molar-refractivity contribution >= 4 is 12.2 Å². The van der Waals surface area contributed by atoms with Crippen molar-refractivity contribution in [3.05, 3.63) is 0 Å². The third kappa shape index (κ3) is 3.80. The largest absolute Gasteiger partial charge is 0.389 e. The van der Waals surface area contributed by atoms with Crippen molar-refractivity contribution in [1.82, 2.24) is 5.43 Å². The van der Waals surface area contributed by atoms with Gasteiger partial charge in [-0.1, -0.05) is 13.8 Å². The van der Waals surface area contributed by atoms with Gasteiger partial charge in [0.2, 0.25) is 5.96 Å². The van der Waals surface area contributed by atoms with Gasteiger partial charge in [-0.25, -0.2) is 5.43 Å². The van der Waals surface area contributed by atoms with Crippen LogP contribution in [0.4, 0.5) is 0 Å². The predicted octanol–water partition coefficient (Wildman–Crippen LogP) is 2.96. The molecule has 0 aromatic rings. The Kier molecular flexibility index (Phi) is 6.41. The molecule has 7 nitrogen and oxygen atoms in total. The van der Waals surface area contributed by atoms with E-state index in [4.69, 9.17) is 21.6 Å². The standard InChI is InChI=1S/C24H43N5O2/c1-22-9-7-18(31-13-3-12-25)14-16(22)4-5-20-19(22)8-10-23(2)17(6-11-24(20,23)30)15-28-29-21(26)27/h15-20,30H,3-14,25H2,1-2H3,(H4,26,27,29)/b28-15+/t16?,17?,18?,19-,20-,22+,23-,24-/m1/s1. The number of ether oxygens (including phenoxy) is 1. The minimum Gasteiger partial charge on any atom is -0.389 e. The summed E-state index contributed by atoms with van der Waals surface area (Å²) >= 11 is 0. The summed E-state index contributed by atoms with van der Waals surface area (Å²) in [6, 6.07) is 0. The van der Waals surface area contributed by atoms with Crippen LogP contribution in [-0.2, 0) is 4.74 Å². The average Bonchev–Trinajstić information content (AvgIpc) is 2.99. The first-order valence-corrected chi connectivity index (χ1v) is 12.4. The predicted molar refractivity (Wildman–Crippen MR) is 124 cm³/mol. The molecule has 4 aliphatic rings. The van der Waals surface area contributed by atoms with E-state index in [0.717, 1.165) is 45.1 Å². The fraction of sp³-hybridized carbons (Fsp3) is 0.917. The lowest BCUT2D eigenvalue weighted by molar-refractivity contribution is -0.207. The molecule has 0 heterocycles. The van der Waals surface area contributed by atoms with Crippen molar-refractivity contribution in [2.75, 3.05) is 13.2 Å². The van der Waals surface area contributed by atoms with Gasteiger partial charge in [0, 0.05) is 24.2 Å². The van der Waals surface area contributed by atoms with Crippen molar-refractivity contribution < 1.29 is 9.84 Å². The molecule has 0 aromatic heterocycles. The molecule has 7 N–H and O–H groups in total. The van der Waals surface area contributed by atoms with Gasteiger partial charge >= 0.3 is 0 Å². The van der Waals surface area contributed by atoms with Gasteiger partial charge in [-0.3, -0.25) is 5.41 Å². The first-order chi connectivity index (χ1) is 14.7. The van der Waals surface area contributed by atoms with Gasteiger partial charge in [0.1, 0.15) is 0 Å². The molecule has 4 rings (SSSR count). The smallest absolute Gasteiger partial charge is 0.206 e. The third-order valence-electron chi connectivity index (χ3n) is 10.0. The minimum absolute atomic E-state index is 0.146. The Morgan fingerprint density at radius 1 is 1.16 bits per heavy atom. The van der Waals surface area contributed by atoms with Crippen LogP contribution in [-0.4, -0.2) is 42.1 Å². The van der Waals surface area contributed by atoms with Crippen LogP contribution < -0.4 is 16.9 Å². The van der Waals surface area contributed by atoms with Crippen LogP contribution in [0.5, 0.6) is 0 Å². The maximum atomic E-state index is 12.2. The number of fused-ring (bicyclic) bond motifs is 5. The van der Waals surface area contributed by atoms with Gasteiger partial charge < -0.3 is 21.3 Å². The number of nitrogens with two attached hydrogens (primary N) is 2. The van der Waals surface area contributed by atoms with Gasteiger partial charge in [0.25, 0.3) is 0 Å². The minimum atomic E-state index is -0.620. The highest BCUT2D eigenvalue weighted by Gasteiger charge is 2.66. The van der Waals surface area contributed by atoms with E-state index >= 15 is 0 Å². The van der Waals surface area contributed by atoms with Crippen molar-refractivity contribution in [3.63, 3.8) is 0 Å². The van der Waals surface area contributed by atoms with E-state index in [0.29, 0.717) is 35.8 Å². The number of rotatable bonds is 6. The normalized spacial score (nSPS) is 46.9. The second kappa shape index (κ2) is 8.64. The molecule has 0 bridgehead atoms. The van der Waals surface area contributed by atoms with E-state index in [9.17, 15) is 5.11 Å². The van der Waals surface area contributed by atoms with Gasteiger partial charge in [-0.2, -0.15) is 5.10 Å². The first-order valence-electron chi connectivity index (χ1n) is 12.4. The molecule has 8 atom stereocenters. The fourth-order valence-corrected chi connectivity index (χ4v) is 8.15. The number of aliphatic hydroxyl groups is 1. The van der Waals surface area contributed by atoms with E-state index < -0.39 is 5.60 Å². The summed E-state index contributed by atoms with van der Waals surface area (Å²) < 4.78 is 6.15. The second-order valence-electron chi connectivity index (χ2n) is 11.2. The summed E-state index contributed by atoms with van der Waals surface area (Å²) in [5.74, 6) is 1.76. The van der Waals surface area contributed by atoms with Crippen LogP contribution in [0.15, 0.2) is 5.10 Å². The molecule has 4 fully saturated rings. The number of hydrogen-bond donors (Lipinski definition) is 5. The van der Waals surface area contributed by atoms with Crippen LogP contribution in [0.1, 0.15) is 78.1 Å². The lowest BCUT2D eigenvalue weighted by atomic mass is 9.43. The topological polar surface area (TPSA) is 130 Å². The van der Waals surface area contributed by atoms with Crippen molar-refractivity contribution in [1.29, 1.82) is 5.41 Å². The maximum Gasteiger partial charge on any atom is 0.206 e. The molecule has 0 amide bonds. The van der Waals surface area contributed by atoms with E-state index in [1.165, 1.54) is 25.7 Å². The van der Waals surface area contributed by atoms with Crippen LogP contribution >= 0.6 is 0 Å². The lowest BCUT2D eigenvalue weighted by Gasteiger charge is -2.63. The van der Waals surface area contributed by atoms with Crippen molar-refractivity contribution in [2.24, 2.45) is 51.1 Å². The summed E-state index contributed by atoms with van der Waals surface area (Å²) in [6.07, 6.45) is 13.1. The number of hydrogen-bond acceptors (Lipinski definition) is 5. The van der Waals surface area contributed by atoms with Gasteiger partial charge in [0.15, 0.2) is 0 Å². The zero-order valence-corrected chi connectivity index (χ0v) is 19.4. The Balaban J connectivity index is 1.48. The first kappa shape index (κ1) is 23.0. The fourth-order valence-electron chi connectivity index (χ4n) is 8.15. The van der Waals surface area contributed by atoms with Crippen LogP contribution in [0.2, 0.25) is 0 Å². The SMILES string of the molecule is C[C@]12CCC(OCCCN)CC1CC[C@@H]1[C@H]2CC[C@]2(C)C(/C=N/NC(=N)N)CC[C@@]12O. The number of hydrazone groups is 1. The highest BCUT2D eigenvalue weighted by atomic mass is 16.5. The Hall–Kier alpha value is -1.18. The van der Waals surface area contributed by atoms with Crippen molar-refractivity contribution in [3.8, 4) is 0 Å². The molecule has 4 saturated carbocycles. The highest BCUT2D eigenvalue weighted by Crippen LogP contribution is 2.68. The number of guanidine groups is 1. The molecule has 4 aliphatic carbocycles. The lowest BCUT2D eigenvalue weighted by Crippen LogP contribution is -2.62. The zero-order valence-electron chi connectivity index (χ0n) is 19.4. The molecule has 0 aliphatic heterocycles. The Bertz CT molecular complexity index is 701. The summed E-state index contributed by atoms with van der Waals surface area (Å²) in [7, 11) is 0. The second-order valence-corrected chi connectivity index (χ2v) is 11.2. The summed E-state index contributed by atoms with van der Waals surface area (Å²) in [5, 5.41) is 23.7. The molecule has 0 spiro atoms. The van der Waals surface area contributed by atoms with Crippen molar-refractivity contribution in [2.45, 2.75) is 89.8 Å². The summed E-state index contributed by atoms with van der Waals surface area (Å²) in [6.45, 7) is 6.28.